The van der Waals surface area contributed by atoms with Crippen LogP contribution in [0.1, 0.15) is 22.4 Å². The Bertz CT molecular complexity index is 578. The van der Waals surface area contributed by atoms with E-state index in [9.17, 15) is 0 Å². The second-order valence-corrected chi connectivity index (χ2v) is 5.88. The highest BCUT2D eigenvalue weighted by Crippen LogP contribution is 2.12. The molecule has 0 aliphatic carbocycles. The highest BCUT2D eigenvalue weighted by Gasteiger charge is 1.99. The predicted molar refractivity (Wildman–Crippen MR) is 102 cm³/mol. The Morgan fingerprint density at radius 1 is 1.33 bits per heavy atom. The van der Waals surface area contributed by atoms with Crippen molar-refractivity contribution in [1.29, 1.82) is 0 Å². The number of aliphatic imine (C=N–C) groups is 1. The van der Waals surface area contributed by atoms with Gasteiger partial charge in [-0.3, -0.25) is 4.99 Å². The number of hydrogen-bond donors (Lipinski definition) is 2. The molecule has 0 saturated heterocycles. The third kappa shape index (κ3) is 6.01. The number of aromatic nitrogens is 1. The normalized spacial score (nSPS) is 11.0. The van der Waals surface area contributed by atoms with Crippen LogP contribution >= 0.6 is 35.3 Å². The molecule has 0 amide bonds. The van der Waals surface area contributed by atoms with Gasteiger partial charge in [0.1, 0.15) is 0 Å². The Labute approximate surface area is 146 Å². The summed E-state index contributed by atoms with van der Waals surface area (Å²) >= 11 is 1.71. The lowest BCUT2D eigenvalue weighted by molar-refractivity contribution is 0.949. The zero-order valence-corrected chi connectivity index (χ0v) is 15.4. The molecule has 21 heavy (non-hydrogen) atoms. The Balaban J connectivity index is 0.00000220. The molecule has 0 saturated carbocycles. The maximum atomic E-state index is 5.87. The number of nitrogens with two attached hydrogens (primary N) is 1. The van der Waals surface area contributed by atoms with Gasteiger partial charge >= 0.3 is 0 Å². The molecule has 0 fully saturated rings. The van der Waals surface area contributed by atoms with Gasteiger partial charge in [-0.25, -0.2) is 4.98 Å². The van der Waals surface area contributed by atoms with E-state index in [1.165, 1.54) is 10.4 Å². The highest BCUT2D eigenvalue weighted by molar-refractivity contribution is 14.0. The summed E-state index contributed by atoms with van der Waals surface area (Å²) in [4.78, 5) is 9.85. The predicted octanol–water partition coefficient (Wildman–Crippen LogP) is 3.60. The number of nitrogens with one attached hydrogen (secondary N) is 1. The summed E-state index contributed by atoms with van der Waals surface area (Å²) in [5, 5.41) is 4.20. The third-order valence-corrected chi connectivity index (χ3v) is 3.88. The average Bonchev–Trinajstić information content (AvgIpc) is 2.85. The molecule has 1 aromatic heterocycles. The fourth-order valence-electron chi connectivity index (χ4n) is 1.80. The Morgan fingerprint density at radius 3 is 2.62 bits per heavy atom. The third-order valence-electron chi connectivity index (χ3n) is 2.91. The van der Waals surface area contributed by atoms with Gasteiger partial charge in [0.15, 0.2) is 5.96 Å². The Morgan fingerprint density at radius 2 is 2.05 bits per heavy atom. The van der Waals surface area contributed by atoms with Crippen molar-refractivity contribution in [2.75, 3.05) is 11.9 Å². The van der Waals surface area contributed by atoms with Gasteiger partial charge in [0, 0.05) is 29.7 Å². The van der Waals surface area contributed by atoms with Gasteiger partial charge in [-0.15, -0.1) is 35.3 Å². The first-order valence-corrected chi connectivity index (χ1v) is 7.56. The van der Waals surface area contributed by atoms with E-state index in [4.69, 9.17) is 5.73 Å². The zero-order chi connectivity index (χ0) is 14.4. The number of benzene rings is 1. The topological polar surface area (TPSA) is 63.3 Å². The second-order valence-electron chi connectivity index (χ2n) is 4.56. The summed E-state index contributed by atoms with van der Waals surface area (Å²) in [6, 6.07) is 8.22. The number of thiazole rings is 1. The van der Waals surface area contributed by atoms with Gasteiger partial charge in [-0.05, 0) is 31.0 Å². The maximum absolute atomic E-state index is 5.87. The van der Waals surface area contributed by atoms with Crippen LogP contribution in [0, 0.1) is 6.92 Å². The first-order valence-electron chi connectivity index (χ1n) is 6.74. The lowest BCUT2D eigenvalue weighted by Gasteiger charge is -2.06. The number of halogens is 1. The highest BCUT2D eigenvalue weighted by atomic mass is 127. The van der Waals surface area contributed by atoms with Gasteiger partial charge in [0.25, 0.3) is 0 Å². The summed E-state index contributed by atoms with van der Waals surface area (Å²) in [6.07, 6.45) is 3.76. The zero-order valence-electron chi connectivity index (χ0n) is 12.3. The largest absolute Gasteiger partial charge is 0.370 e. The van der Waals surface area contributed by atoms with E-state index in [0.717, 1.165) is 23.5 Å². The fraction of sp³-hybridized carbons (Fsp3) is 0.333. The van der Waals surface area contributed by atoms with E-state index in [-0.39, 0.29) is 24.0 Å². The van der Waals surface area contributed by atoms with E-state index in [1.54, 1.807) is 11.3 Å². The van der Waals surface area contributed by atoms with Crippen molar-refractivity contribution in [3.8, 4) is 0 Å². The van der Waals surface area contributed by atoms with Crippen molar-refractivity contribution in [3.63, 3.8) is 0 Å². The monoisotopic (exact) mass is 416 g/mol. The number of rotatable bonds is 5. The van der Waals surface area contributed by atoms with Gasteiger partial charge < -0.3 is 11.1 Å². The lowest BCUT2D eigenvalue weighted by atomic mass is 10.1. The smallest absolute Gasteiger partial charge is 0.193 e. The fourth-order valence-corrected chi connectivity index (χ4v) is 2.58. The molecule has 0 unspecified atom stereocenters. The minimum Gasteiger partial charge on any atom is -0.370 e. The molecule has 114 valence electrons. The first-order chi connectivity index (χ1) is 9.67. The van der Waals surface area contributed by atoms with Gasteiger partial charge in [-0.2, -0.15) is 0 Å². The summed E-state index contributed by atoms with van der Waals surface area (Å²) in [7, 11) is 0. The van der Waals surface area contributed by atoms with Crippen LogP contribution < -0.4 is 11.1 Å². The number of aryl methyl sites for hydroxylation is 2. The Hall–Kier alpha value is -1.15. The van der Waals surface area contributed by atoms with E-state index < -0.39 is 0 Å². The van der Waals surface area contributed by atoms with Crippen LogP contribution in [0.15, 0.2) is 35.5 Å². The molecule has 2 rings (SSSR count). The molecule has 0 bridgehead atoms. The van der Waals surface area contributed by atoms with Crippen LogP contribution in [0.25, 0.3) is 0 Å². The standard InChI is InChI=1S/C15H20N4S.HI/c1-3-12-4-6-13(7-5-12)19-15(16)17-9-8-14-18-10-11(2)20-14;/h4-7,10H,3,8-9H2,1-2H3,(H3,16,17,19);1H. The van der Waals surface area contributed by atoms with E-state index in [0.29, 0.717) is 12.5 Å². The van der Waals surface area contributed by atoms with Crippen LogP contribution in [0.5, 0.6) is 0 Å². The molecular formula is C15H21IN4S. The molecule has 0 spiro atoms. The van der Waals surface area contributed by atoms with Crippen molar-refractivity contribution in [1.82, 2.24) is 4.98 Å². The van der Waals surface area contributed by atoms with Crippen molar-refractivity contribution < 1.29 is 0 Å². The summed E-state index contributed by atoms with van der Waals surface area (Å²) in [6.45, 7) is 4.84. The SMILES string of the molecule is CCc1ccc(NC(N)=NCCc2ncc(C)s2)cc1.I. The molecule has 4 nitrogen and oxygen atoms in total. The molecule has 1 aromatic carbocycles. The number of nitrogens with zero attached hydrogens (tertiary/aromatic N) is 2. The molecule has 0 aliphatic rings. The van der Waals surface area contributed by atoms with Crippen LogP contribution in [-0.2, 0) is 12.8 Å². The number of anilines is 1. The molecule has 0 aliphatic heterocycles. The first kappa shape index (κ1) is 17.9. The summed E-state index contributed by atoms with van der Waals surface area (Å²) in [5.74, 6) is 0.447. The number of guanidine groups is 1. The van der Waals surface area contributed by atoms with Crippen LogP contribution in [0.3, 0.4) is 0 Å². The molecule has 2 aromatic rings. The average molecular weight is 416 g/mol. The lowest BCUT2D eigenvalue weighted by Crippen LogP contribution is -2.23. The molecule has 0 atom stereocenters. The minimum atomic E-state index is 0. The molecule has 0 radical (unpaired) electrons. The van der Waals surface area contributed by atoms with Gasteiger partial charge in [0.2, 0.25) is 0 Å². The molecule has 6 heteroatoms. The van der Waals surface area contributed by atoms with Crippen LogP contribution in [0.4, 0.5) is 5.69 Å². The summed E-state index contributed by atoms with van der Waals surface area (Å²) in [5.41, 5.74) is 8.14. The van der Waals surface area contributed by atoms with Gasteiger partial charge in [0.05, 0.1) is 5.01 Å². The maximum Gasteiger partial charge on any atom is 0.193 e. The molecular weight excluding hydrogens is 395 g/mol. The summed E-state index contributed by atoms with van der Waals surface area (Å²) < 4.78 is 0. The number of hydrogen-bond acceptors (Lipinski definition) is 3. The van der Waals surface area contributed by atoms with Gasteiger partial charge in [-0.1, -0.05) is 19.1 Å². The second kappa shape index (κ2) is 8.99. The van der Waals surface area contributed by atoms with Crippen molar-refractivity contribution in [2.24, 2.45) is 10.7 Å². The van der Waals surface area contributed by atoms with Crippen molar-refractivity contribution in [2.45, 2.75) is 26.7 Å². The van der Waals surface area contributed by atoms with Crippen molar-refractivity contribution in [3.05, 3.63) is 45.9 Å². The van der Waals surface area contributed by atoms with E-state index in [1.807, 2.05) is 18.3 Å². The van der Waals surface area contributed by atoms with E-state index >= 15 is 0 Å². The minimum absolute atomic E-state index is 0. The van der Waals surface area contributed by atoms with Crippen LogP contribution in [-0.4, -0.2) is 17.5 Å². The van der Waals surface area contributed by atoms with E-state index in [2.05, 4.69) is 41.3 Å². The molecule has 3 N–H and O–H groups in total. The Kier molecular flexibility index (Phi) is 7.66. The van der Waals surface area contributed by atoms with Crippen LogP contribution in [0.2, 0.25) is 0 Å². The molecule has 1 heterocycles. The quantitative estimate of drug-likeness (QED) is 0.445. The van der Waals surface area contributed by atoms with Crippen molar-refractivity contribution >= 4 is 47.0 Å².